The Labute approximate surface area is 66.7 Å². The number of ether oxygens (including phenoxy) is 1. The molecule has 0 aliphatic rings. The summed E-state index contributed by atoms with van der Waals surface area (Å²) in [6.45, 7) is 9.49. The van der Waals surface area contributed by atoms with Gasteiger partial charge in [-0.3, -0.25) is 0 Å². The van der Waals surface area contributed by atoms with E-state index in [9.17, 15) is 0 Å². The standard InChI is InChI=1S/C8H19OP/c1-7(5-10)9-6-8(2,3)4/h7H,5-6,10H2,1-4H3. The quantitative estimate of drug-likeness (QED) is 0.579. The highest BCUT2D eigenvalue weighted by molar-refractivity contribution is 7.16. The molecule has 0 aromatic heterocycles. The molecule has 2 atom stereocenters. The van der Waals surface area contributed by atoms with Crippen molar-refractivity contribution < 1.29 is 4.74 Å². The minimum atomic E-state index is 0.300. The molecule has 0 saturated carbocycles. The summed E-state index contributed by atoms with van der Waals surface area (Å²) in [4.78, 5) is 0. The Morgan fingerprint density at radius 3 is 2.20 bits per heavy atom. The van der Waals surface area contributed by atoms with E-state index in [1.807, 2.05) is 0 Å². The smallest absolute Gasteiger partial charge is 0.0581 e. The molecule has 0 aliphatic carbocycles. The zero-order valence-corrected chi connectivity index (χ0v) is 8.63. The van der Waals surface area contributed by atoms with Crippen molar-refractivity contribution in [2.24, 2.45) is 5.41 Å². The summed E-state index contributed by atoms with van der Waals surface area (Å²) in [5, 5.41) is 0. The summed E-state index contributed by atoms with van der Waals surface area (Å²) < 4.78 is 5.53. The molecule has 0 fully saturated rings. The lowest BCUT2D eigenvalue weighted by molar-refractivity contribution is 0.0308. The van der Waals surface area contributed by atoms with Gasteiger partial charge >= 0.3 is 0 Å². The second kappa shape index (κ2) is 4.31. The van der Waals surface area contributed by atoms with E-state index in [4.69, 9.17) is 4.74 Å². The average molecular weight is 162 g/mol. The first kappa shape index (κ1) is 10.4. The maximum absolute atomic E-state index is 5.53. The molecule has 2 heteroatoms. The lowest BCUT2D eigenvalue weighted by Crippen LogP contribution is -2.20. The molecule has 0 amide bonds. The van der Waals surface area contributed by atoms with Crippen molar-refractivity contribution in [3.8, 4) is 0 Å². The average Bonchev–Trinajstić information content (AvgIpc) is 1.81. The lowest BCUT2D eigenvalue weighted by Gasteiger charge is -2.20. The van der Waals surface area contributed by atoms with Crippen LogP contribution in [0.4, 0.5) is 0 Å². The van der Waals surface area contributed by atoms with Gasteiger partial charge in [-0.25, -0.2) is 0 Å². The maximum atomic E-state index is 5.53. The molecule has 0 rings (SSSR count). The largest absolute Gasteiger partial charge is 0.378 e. The first-order valence-electron chi connectivity index (χ1n) is 3.77. The Morgan fingerprint density at radius 1 is 1.40 bits per heavy atom. The SMILES string of the molecule is CC(CP)OCC(C)(C)C. The summed E-state index contributed by atoms with van der Waals surface area (Å²) in [5.41, 5.74) is 0.300. The van der Waals surface area contributed by atoms with Crippen molar-refractivity contribution >= 4 is 9.24 Å². The second-order valence-corrected chi connectivity index (χ2v) is 4.39. The molecule has 10 heavy (non-hydrogen) atoms. The zero-order chi connectivity index (χ0) is 8.20. The van der Waals surface area contributed by atoms with Gasteiger partial charge < -0.3 is 4.74 Å². The molecular weight excluding hydrogens is 143 g/mol. The van der Waals surface area contributed by atoms with Gasteiger partial charge in [0.15, 0.2) is 0 Å². The predicted molar refractivity (Wildman–Crippen MR) is 49.4 cm³/mol. The molecule has 0 aromatic carbocycles. The highest BCUT2D eigenvalue weighted by Crippen LogP contribution is 2.14. The van der Waals surface area contributed by atoms with E-state index in [1.165, 1.54) is 0 Å². The fourth-order valence-electron chi connectivity index (χ4n) is 0.460. The molecule has 0 bridgehead atoms. The van der Waals surface area contributed by atoms with Gasteiger partial charge in [-0.15, -0.1) is 9.24 Å². The van der Waals surface area contributed by atoms with Crippen LogP contribution in [-0.2, 0) is 4.74 Å². The highest BCUT2D eigenvalue weighted by atomic mass is 31.0. The van der Waals surface area contributed by atoms with Crippen LogP contribution in [0.2, 0.25) is 0 Å². The Morgan fingerprint density at radius 2 is 1.90 bits per heavy atom. The number of hydrogen-bond donors (Lipinski definition) is 0. The van der Waals surface area contributed by atoms with Crippen molar-refractivity contribution in [1.29, 1.82) is 0 Å². The molecule has 0 heterocycles. The van der Waals surface area contributed by atoms with E-state index in [0.29, 0.717) is 11.5 Å². The van der Waals surface area contributed by atoms with Crippen LogP contribution in [0.15, 0.2) is 0 Å². The third-order valence-electron chi connectivity index (χ3n) is 1.13. The van der Waals surface area contributed by atoms with Gasteiger partial charge in [-0.2, -0.15) is 0 Å². The van der Waals surface area contributed by atoms with Crippen LogP contribution in [0.3, 0.4) is 0 Å². The summed E-state index contributed by atoms with van der Waals surface area (Å²) in [6, 6.07) is 0. The first-order chi connectivity index (χ1) is 4.45. The van der Waals surface area contributed by atoms with Gasteiger partial charge in [-0.1, -0.05) is 20.8 Å². The third-order valence-corrected chi connectivity index (χ3v) is 1.80. The first-order valence-corrected chi connectivity index (χ1v) is 4.59. The van der Waals surface area contributed by atoms with E-state index in [-0.39, 0.29) is 0 Å². The van der Waals surface area contributed by atoms with Gasteiger partial charge in [0.05, 0.1) is 12.7 Å². The summed E-state index contributed by atoms with van der Waals surface area (Å²) in [6.07, 6.45) is 1.40. The topological polar surface area (TPSA) is 9.23 Å². The van der Waals surface area contributed by atoms with Crippen molar-refractivity contribution in [1.82, 2.24) is 0 Å². The van der Waals surface area contributed by atoms with E-state index in [2.05, 4.69) is 36.9 Å². The molecule has 62 valence electrons. The van der Waals surface area contributed by atoms with Gasteiger partial charge in [0.2, 0.25) is 0 Å². The van der Waals surface area contributed by atoms with Gasteiger partial charge in [-0.05, 0) is 18.5 Å². The second-order valence-electron chi connectivity index (χ2n) is 3.92. The van der Waals surface area contributed by atoms with Crippen molar-refractivity contribution in [3.63, 3.8) is 0 Å². The third kappa shape index (κ3) is 6.51. The van der Waals surface area contributed by atoms with Crippen molar-refractivity contribution in [2.45, 2.75) is 33.8 Å². The van der Waals surface area contributed by atoms with E-state index < -0.39 is 0 Å². The molecule has 0 radical (unpaired) electrons. The molecule has 2 unspecified atom stereocenters. The van der Waals surface area contributed by atoms with Crippen LogP contribution in [0.25, 0.3) is 0 Å². The molecule has 0 aliphatic heterocycles. The molecule has 0 aromatic rings. The van der Waals surface area contributed by atoms with Crippen LogP contribution in [0.1, 0.15) is 27.7 Å². The monoisotopic (exact) mass is 162 g/mol. The zero-order valence-electron chi connectivity index (χ0n) is 7.48. The van der Waals surface area contributed by atoms with Gasteiger partial charge in [0.25, 0.3) is 0 Å². The molecular formula is C8H19OP. The summed E-state index contributed by atoms with van der Waals surface area (Å²) in [5.74, 6) is 0. The van der Waals surface area contributed by atoms with Crippen LogP contribution in [0.5, 0.6) is 0 Å². The Bertz CT molecular complexity index is 85.7. The van der Waals surface area contributed by atoms with Crippen molar-refractivity contribution in [2.75, 3.05) is 12.8 Å². The van der Waals surface area contributed by atoms with Crippen LogP contribution in [0, 0.1) is 5.41 Å². The summed E-state index contributed by atoms with van der Waals surface area (Å²) >= 11 is 0. The van der Waals surface area contributed by atoms with Gasteiger partial charge in [0, 0.05) is 0 Å². The van der Waals surface area contributed by atoms with E-state index in [0.717, 1.165) is 12.8 Å². The van der Waals surface area contributed by atoms with Crippen LogP contribution < -0.4 is 0 Å². The molecule has 0 saturated heterocycles. The molecule has 0 spiro atoms. The minimum Gasteiger partial charge on any atom is -0.378 e. The van der Waals surface area contributed by atoms with E-state index in [1.54, 1.807) is 0 Å². The Balaban J connectivity index is 3.36. The lowest BCUT2D eigenvalue weighted by atomic mass is 9.99. The fourth-order valence-corrected chi connectivity index (χ4v) is 0.596. The molecule has 1 nitrogen and oxygen atoms in total. The van der Waals surface area contributed by atoms with E-state index >= 15 is 0 Å². The number of hydrogen-bond acceptors (Lipinski definition) is 1. The Kier molecular flexibility index (Phi) is 4.47. The van der Waals surface area contributed by atoms with Crippen molar-refractivity contribution in [3.05, 3.63) is 0 Å². The van der Waals surface area contributed by atoms with Gasteiger partial charge in [0.1, 0.15) is 0 Å². The normalized spacial score (nSPS) is 15.3. The predicted octanol–water partition coefficient (Wildman–Crippen LogP) is 2.31. The Hall–Kier alpha value is 0.390. The fraction of sp³-hybridized carbons (Fsp3) is 1.00. The maximum Gasteiger partial charge on any atom is 0.0581 e. The summed E-state index contributed by atoms with van der Waals surface area (Å²) in [7, 11) is 2.68. The number of rotatable bonds is 3. The molecule has 0 N–H and O–H groups in total. The minimum absolute atomic E-state index is 0.300. The van der Waals surface area contributed by atoms with Crippen LogP contribution in [-0.4, -0.2) is 18.9 Å². The van der Waals surface area contributed by atoms with Crippen LogP contribution >= 0.6 is 9.24 Å². The highest BCUT2D eigenvalue weighted by Gasteiger charge is 2.11.